The number of primary sulfonamides is 1. The Labute approximate surface area is 101 Å². The van der Waals surface area contributed by atoms with Crippen molar-refractivity contribution in [3.63, 3.8) is 0 Å². The van der Waals surface area contributed by atoms with E-state index >= 15 is 0 Å². The van der Waals surface area contributed by atoms with Crippen molar-refractivity contribution in [1.82, 2.24) is 0 Å². The van der Waals surface area contributed by atoms with E-state index in [2.05, 4.69) is 4.90 Å². The third-order valence-corrected chi connectivity index (χ3v) is 4.01. The minimum atomic E-state index is -3.63. The fourth-order valence-corrected chi connectivity index (χ4v) is 2.71. The number of rotatable bonds is 3. The van der Waals surface area contributed by atoms with E-state index in [1.165, 1.54) is 12.1 Å². The van der Waals surface area contributed by atoms with E-state index in [0.29, 0.717) is 0 Å². The highest BCUT2D eigenvalue weighted by Crippen LogP contribution is 2.26. The van der Waals surface area contributed by atoms with Crippen LogP contribution in [-0.4, -0.2) is 32.7 Å². The minimum absolute atomic E-state index is 0.112. The largest absolute Gasteiger partial charge is 0.394 e. The number of aliphatic hydroxyl groups excluding tert-OH is 1. The van der Waals surface area contributed by atoms with Gasteiger partial charge in [-0.05, 0) is 37.1 Å². The summed E-state index contributed by atoms with van der Waals surface area (Å²) in [7, 11) is -3.63. The molecule has 1 aliphatic rings. The molecule has 0 aliphatic carbocycles. The van der Waals surface area contributed by atoms with Gasteiger partial charge in [0.1, 0.15) is 0 Å². The normalized spacial score (nSPS) is 20.8. The van der Waals surface area contributed by atoms with E-state index in [1.807, 2.05) is 0 Å². The lowest BCUT2D eigenvalue weighted by Crippen LogP contribution is -2.31. The molecule has 1 aliphatic heterocycles. The molecule has 2 rings (SSSR count). The summed E-state index contributed by atoms with van der Waals surface area (Å²) in [4.78, 5) is 2.20. The molecule has 1 aromatic rings. The molecule has 1 aromatic carbocycles. The molecule has 6 heteroatoms. The van der Waals surface area contributed by atoms with Gasteiger partial charge in [0.15, 0.2) is 0 Å². The Morgan fingerprint density at radius 2 is 2.00 bits per heavy atom. The van der Waals surface area contributed by atoms with Gasteiger partial charge < -0.3 is 10.0 Å². The van der Waals surface area contributed by atoms with Crippen molar-refractivity contribution in [2.75, 3.05) is 18.1 Å². The van der Waals surface area contributed by atoms with Crippen molar-refractivity contribution in [1.29, 1.82) is 0 Å². The predicted octanol–water partition coefficient (Wildman–Crippen LogP) is 0.295. The molecule has 1 atom stereocenters. The quantitative estimate of drug-likeness (QED) is 0.814. The molecular weight excluding hydrogens is 240 g/mol. The summed E-state index contributed by atoms with van der Waals surface area (Å²) in [6.45, 7) is 1.01. The van der Waals surface area contributed by atoms with Gasteiger partial charge in [-0.3, -0.25) is 0 Å². The molecule has 1 heterocycles. The lowest BCUT2D eigenvalue weighted by Gasteiger charge is -2.25. The van der Waals surface area contributed by atoms with Crippen LogP contribution < -0.4 is 10.0 Å². The van der Waals surface area contributed by atoms with Gasteiger partial charge in [-0.25, -0.2) is 13.6 Å². The standard InChI is InChI=1S/C11H16N2O3S/c12-17(15,16)11-5-3-9(4-6-11)13-7-1-2-10(13)8-14/h3-6,10,14H,1-2,7-8H2,(H2,12,15,16). The first-order valence-corrected chi connectivity index (χ1v) is 7.07. The van der Waals surface area contributed by atoms with E-state index in [0.717, 1.165) is 25.1 Å². The van der Waals surface area contributed by atoms with Gasteiger partial charge in [0.25, 0.3) is 0 Å². The Bertz CT molecular complexity index is 484. The molecule has 0 saturated carbocycles. The summed E-state index contributed by atoms with van der Waals surface area (Å²) in [5, 5.41) is 14.3. The molecule has 17 heavy (non-hydrogen) atoms. The van der Waals surface area contributed by atoms with Crippen LogP contribution in [0.15, 0.2) is 29.2 Å². The summed E-state index contributed by atoms with van der Waals surface area (Å²) in [5.41, 5.74) is 0.925. The molecule has 0 bridgehead atoms. The number of anilines is 1. The predicted molar refractivity (Wildman–Crippen MR) is 65.3 cm³/mol. The van der Waals surface area contributed by atoms with Crippen molar-refractivity contribution in [2.24, 2.45) is 5.14 Å². The monoisotopic (exact) mass is 256 g/mol. The number of sulfonamides is 1. The maximum absolute atomic E-state index is 11.1. The van der Waals surface area contributed by atoms with Crippen LogP contribution in [0.1, 0.15) is 12.8 Å². The number of nitrogens with zero attached hydrogens (tertiary/aromatic N) is 1. The Morgan fingerprint density at radius 3 is 2.53 bits per heavy atom. The fraction of sp³-hybridized carbons (Fsp3) is 0.455. The molecule has 94 valence electrons. The highest BCUT2D eigenvalue weighted by atomic mass is 32.2. The first-order valence-electron chi connectivity index (χ1n) is 5.53. The molecule has 1 saturated heterocycles. The van der Waals surface area contributed by atoms with Crippen LogP contribution in [0.5, 0.6) is 0 Å². The van der Waals surface area contributed by atoms with Gasteiger partial charge >= 0.3 is 0 Å². The summed E-state index contributed by atoms with van der Waals surface area (Å²) >= 11 is 0. The number of hydrogen-bond donors (Lipinski definition) is 2. The topological polar surface area (TPSA) is 83.6 Å². The first-order chi connectivity index (χ1) is 8.02. The lowest BCUT2D eigenvalue weighted by atomic mass is 10.2. The highest BCUT2D eigenvalue weighted by molar-refractivity contribution is 7.89. The van der Waals surface area contributed by atoms with Crippen LogP contribution in [0.4, 0.5) is 5.69 Å². The second-order valence-electron chi connectivity index (χ2n) is 4.21. The van der Waals surface area contributed by atoms with Gasteiger partial charge in [-0.1, -0.05) is 0 Å². The van der Waals surface area contributed by atoms with E-state index in [9.17, 15) is 13.5 Å². The van der Waals surface area contributed by atoms with Crippen LogP contribution in [-0.2, 0) is 10.0 Å². The van der Waals surface area contributed by atoms with Crippen molar-refractivity contribution in [2.45, 2.75) is 23.8 Å². The van der Waals surface area contributed by atoms with Crippen molar-refractivity contribution < 1.29 is 13.5 Å². The fourth-order valence-electron chi connectivity index (χ4n) is 2.19. The number of nitrogens with two attached hydrogens (primary N) is 1. The first kappa shape index (κ1) is 12.3. The van der Waals surface area contributed by atoms with E-state index in [-0.39, 0.29) is 17.5 Å². The Morgan fingerprint density at radius 1 is 1.35 bits per heavy atom. The second kappa shape index (κ2) is 4.64. The van der Waals surface area contributed by atoms with Crippen LogP contribution in [0.25, 0.3) is 0 Å². The Balaban J connectivity index is 2.24. The van der Waals surface area contributed by atoms with E-state index in [1.54, 1.807) is 12.1 Å². The van der Waals surface area contributed by atoms with E-state index in [4.69, 9.17) is 5.14 Å². The molecule has 0 amide bonds. The van der Waals surface area contributed by atoms with Gasteiger partial charge in [-0.2, -0.15) is 0 Å². The molecule has 5 nitrogen and oxygen atoms in total. The van der Waals surface area contributed by atoms with Gasteiger partial charge in [-0.15, -0.1) is 0 Å². The molecule has 0 aromatic heterocycles. The Kier molecular flexibility index (Phi) is 3.37. The molecule has 1 fully saturated rings. The summed E-state index contributed by atoms with van der Waals surface area (Å²) in [6, 6.07) is 6.59. The maximum atomic E-state index is 11.1. The average molecular weight is 256 g/mol. The molecule has 0 radical (unpaired) electrons. The lowest BCUT2D eigenvalue weighted by molar-refractivity contribution is 0.266. The zero-order valence-electron chi connectivity index (χ0n) is 9.41. The number of benzene rings is 1. The summed E-state index contributed by atoms with van der Waals surface area (Å²) in [5.74, 6) is 0. The second-order valence-corrected chi connectivity index (χ2v) is 5.77. The van der Waals surface area contributed by atoms with Crippen molar-refractivity contribution in [3.8, 4) is 0 Å². The molecule has 3 N–H and O–H groups in total. The highest BCUT2D eigenvalue weighted by Gasteiger charge is 2.23. The zero-order chi connectivity index (χ0) is 12.5. The van der Waals surface area contributed by atoms with Crippen LogP contribution in [0.3, 0.4) is 0 Å². The molecule has 1 unspecified atom stereocenters. The minimum Gasteiger partial charge on any atom is -0.394 e. The van der Waals surface area contributed by atoms with Gasteiger partial charge in [0.2, 0.25) is 10.0 Å². The molecular formula is C11H16N2O3S. The Hall–Kier alpha value is -1.11. The third-order valence-electron chi connectivity index (χ3n) is 3.08. The average Bonchev–Trinajstić information content (AvgIpc) is 2.76. The van der Waals surface area contributed by atoms with E-state index < -0.39 is 10.0 Å². The smallest absolute Gasteiger partial charge is 0.238 e. The summed E-state index contributed by atoms with van der Waals surface area (Å²) < 4.78 is 22.2. The zero-order valence-corrected chi connectivity index (χ0v) is 10.2. The SMILES string of the molecule is NS(=O)(=O)c1ccc(N2CCCC2CO)cc1. The van der Waals surface area contributed by atoms with Gasteiger partial charge in [0.05, 0.1) is 17.5 Å². The van der Waals surface area contributed by atoms with Crippen molar-refractivity contribution >= 4 is 15.7 Å². The molecule has 0 spiro atoms. The van der Waals surface area contributed by atoms with Crippen LogP contribution in [0, 0.1) is 0 Å². The van der Waals surface area contributed by atoms with Crippen LogP contribution >= 0.6 is 0 Å². The van der Waals surface area contributed by atoms with Crippen molar-refractivity contribution in [3.05, 3.63) is 24.3 Å². The number of aliphatic hydroxyl groups is 1. The van der Waals surface area contributed by atoms with Crippen LogP contribution in [0.2, 0.25) is 0 Å². The van der Waals surface area contributed by atoms with Gasteiger partial charge in [0, 0.05) is 12.2 Å². The third kappa shape index (κ3) is 2.59. The maximum Gasteiger partial charge on any atom is 0.238 e. The number of hydrogen-bond acceptors (Lipinski definition) is 4. The summed E-state index contributed by atoms with van der Waals surface area (Å²) in [6.07, 6.45) is 2.01.